The summed E-state index contributed by atoms with van der Waals surface area (Å²) < 4.78 is 0. The summed E-state index contributed by atoms with van der Waals surface area (Å²) in [6.45, 7) is 10.8. The highest BCUT2D eigenvalue weighted by Gasteiger charge is 2.18. The van der Waals surface area contributed by atoms with Crippen LogP contribution >= 0.6 is 12.2 Å². The molecule has 0 saturated carbocycles. The first-order valence-corrected chi connectivity index (χ1v) is 8.49. The number of thiocarbonyl (C=S) groups is 1. The van der Waals surface area contributed by atoms with Crippen LogP contribution in [0.15, 0.2) is 42.5 Å². The van der Waals surface area contributed by atoms with Gasteiger partial charge in [0.1, 0.15) is 0 Å². The highest BCUT2D eigenvalue weighted by atomic mass is 32.1. The molecule has 0 aromatic heterocycles. The van der Waals surface area contributed by atoms with E-state index < -0.39 is 0 Å². The number of hydrogen-bond donors (Lipinski definition) is 2. The zero-order valence-corrected chi connectivity index (χ0v) is 15.4. The molecule has 0 radical (unpaired) electrons. The van der Waals surface area contributed by atoms with Gasteiger partial charge in [-0.15, -0.1) is 0 Å². The normalized spacial score (nSPS) is 12.1. The van der Waals surface area contributed by atoms with Crippen LogP contribution in [0.1, 0.15) is 42.1 Å². The summed E-state index contributed by atoms with van der Waals surface area (Å²) in [6, 6.07) is 15.0. The second-order valence-corrected chi connectivity index (χ2v) is 6.95. The minimum Gasteiger partial charge on any atom is -0.355 e. The fourth-order valence-electron chi connectivity index (χ4n) is 2.72. The summed E-state index contributed by atoms with van der Waals surface area (Å²) in [5, 5.41) is 7.41. The van der Waals surface area contributed by atoms with Gasteiger partial charge in [-0.1, -0.05) is 55.3 Å². The molecule has 2 N–H and O–H groups in total. The van der Waals surface area contributed by atoms with Crippen LogP contribution in [0.5, 0.6) is 0 Å². The topological polar surface area (TPSA) is 24.1 Å². The van der Waals surface area contributed by atoms with E-state index in [1.807, 2.05) is 12.1 Å². The lowest BCUT2D eigenvalue weighted by Gasteiger charge is -2.26. The molecule has 2 aromatic rings. The van der Waals surface area contributed by atoms with Crippen LogP contribution in [0.2, 0.25) is 0 Å². The van der Waals surface area contributed by atoms with E-state index in [0.717, 1.165) is 5.69 Å². The Bertz CT molecular complexity index is 675. The molecule has 122 valence electrons. The Morgan fingerprint density at radius 3 is 2.09 bits per heavy atom. The fourth-order valence-corrected chi connectivity index (χ4v) is 2.97. The molecule has 2 aromatic carbocycles. The third-order valence-corrected chi connectivity index (χ3v) is 4.24. The van der Waals surface area contributed by atoms with Gasteiger partial charge < -0.3 is 10.6 Å². The van der Waals surface area contributed by atoms with Gasteiger partial charge in [0.15, 0.2) is 5.11 Å². The second-order valence-electron chi connectivity index (χ2n) is 6.55. The first-order chi connectivity index (χ1) is 10.9. The molecule has 0 aliphatic rings. The lowest BCUT2D eigenvalue weighted by Crippen LogP contribution is -2.35. The first-order valence-electron chi connectivity index (χ1n) is 8.08. The molecule has 0 fully saturated rings. The van der Waals surface area contributed by atoms with Gasteiger partial charge in [0.05, 0.1) is 6.04 Å². The Morgan fingerprint density at radius 1 is 0.913 bits per heavy atom. The maximum Gasteiger partial charge on any atom is 0.171 e. The Morgan fingerprint density at radius 2 is 1.52 bits per heavy atom. The van der Waals surface area contributed by atoms with Crippen LogP contribution in [0.4, 0.5) is 5.69 Å². The molecule has 0 heterocycles. The van der Waals surface area contributed by atoms with E-state index in [9.17, 15) is 0 Å². The van der Waals surface area contributed by atoms with Crippen molar-refractivity contribution in [3.8, 4) is 0 Å². The molecule has 0 saturated heterocycles. The minimum absolute atomic E-state index is 0.195. The van der Waals surface area contributed by atoms with E-state index in [1.165, 1.54) is 22.3 Å². The van der Waals surface area contributed by atoms with Gasteiger partial charge in [-0.2, -0.15) is 0 Å². The van der Waals surface area contributed by atoms with Crippen molar-refractivity contribution in [2.24, 2.45) is 5.92 Å². The molecule has 3 heteroatoms. The molecule has 23 heavy (non-hydrogen) atoms. The lowest BCUT2D eigenvalue weighted by atomic mass is 9.92. The fraction of sp³-hybridized carbons (Fsp3) is 0.350. The average Bonchev–Trinajstić information content (AvgIpc) is 2.48. The summed E-state index contributed by atoms with van der Waals surface area (Å²) in [7, 11) is 0. The molecule has 0 unspecified atom stereocenters. The highest BCUT2D eigenvalue weighted by Crippen LogP contribution is 2.25. The highest BCUT2D eigenvalue weighted by molar-refractivity contribution is 7.80. The smallest absolute Gasteiger partial charge is 0.171 e. The number of benzene rings is 2. The third kappa shape index (κ3) is 4.80. The SMILES string of the molecule is Cc1ccc(NC(=S)N[C@H](c2ccc(C)cc2C)C(C)C)cc1. The van der Waals surface area contributed by atoms with Crippen LogP contribution in [0.25, 0.3) is 0 Å². The van der Waals surface area contributed by atoms with Gasteiger partial charge >= 0.3 is 0 Å². The van der Waals surface area contributed by atoms with Crippen molar-refractivity contribution in [3.05, 3.63) is 64.7 Å². The van der Waals surface area contributed by atoms with Crippen molar-refractivity contribution in [1.82, 2.24) is 5.32 Å². The maximum atomic E-state index is 5.51. The zero-order valence-electron chi connectivity index (χ0n) is 14.6. The molecule has 1 atom stereocenters. The van der Waals surface area contributed by atoms with Gasteiger partial charge in [0.2, 0.25) is 0 Å². The number of nitrogens with one attached hydrogen (secondary N) is 2. The van der Waals surface area contributed by atoms with E-state index in [-0.39, 0.29) is 6.04 Å². The van der Waals surface area contributed by atoms with Gasteiger partial charge in [-0.05, 0) is 62.2 Å². The van der Waals surface area contributed by atoms with Crippen LogP contribution in [0, 0.1) is 26.7 Å². The van der Waals surface area contributed by atoms with Gasteiger partial charge in [0.25, 0.3) is 0 Å². The molecule has 0 aliphatic heterocycles. The summed E-state index contributed by atoms with van der Waals surface area (Å²) >= 11 is 5.51. The van der Waals surface area contributed by atoms with Crippen molar-refractivity contribution in [2.75, 3.05) is 5.32 Å². The van der Waals surface area contributed by atoms with E-state index in [4.69, 9.17) is 12.2 Å². The van der Waals surface area contributed by atoms with Crippen molar-refractivity contribution < 1.29 is 0 Å². The quantitative estimate of drug-likeness (QED) is 0.746. The number of anilines is 1. The Kier molecular flexibility index (Phi) is 5.78. The van der Waals surface area contributed by atoms with E-state index in [1.54, 1.807) is 0 Å². The van der Waals surface area contributed by atoms with Crippen molar-refractivity contribution in [1.29, 1.82) is 0 Å². The third-order valence-electron chi connectivity index (χ3n) is 4.02. The van der Waals surface area contributed by atoms with Crippen molar-refractivity contribution >= 4 is 23.0 Å². The van der Waals surface area contributed by atoms with Gasteiger partial charge in [0, 0.05) is 5.69 Å². The lowest BCUT2D eigenvalue weighted by molar-refractivity contribution is 0.471. The standard InChI is InChI=1S/C20H26N2S/c1-13(2)19(18-11-8-15(4)12-16(18)5)22-20(23)21-17-9-6-14(3)7-10-17/h6-13,19H,1-5H3,(H2,21,22,23)/t19-/m0/s1. The number of hydrogen-bond acceptors (Lipinski definition) is 1. The van der Waals surface area contributed by atoms with E-state index >= 15 is 0 Å². The monoisotopic (exact) mass is 326 g/mol. The van der Waals surface area contributed by atoms with E-state index in [0.29, 0.717) is 11.0 Å². The molecule has 2 rings (SSSR count). The largest absolute Gasteiger partial charge is 0.355 e. The molecule has 0 bridgehead atoms. The molecular formula is C20H26N2S. The molecule has 0 aliphatic carbocycles. The van der Waals surface area contributed by atoms with Crippen LogP contribution < -0.4 is 10.6 Å². The Balaban J connectivity index is 2.12. The van der Waals surface area contributed by atoms with E-state index in [2.05, 4.69) is 75.6 Å². The summed E-state index contributed by atoms with van der Waals surface area (Å²) in [5.74, 6) is 0.439. The van der Waals surface area contributed by atoms with Crippen LogP contribution in [-0.4, -0.2) is 5.11 Å². The summed E-state index contributed by atoms with van der Waals surface area (Å²) in [6.07, 6.45) is 0. The Hall–Kier alpha value is -1.87. The Labute approximate surface area is 145 Å². The van der Waals surface area contributed by atoms with Gasteiger partial charge in [-0.3, -0.25) is 0 Å². The maximum absolute atomic E-state index is 5.51. The zero-order chi connectivity index (χ0) is 17.0. The first kappa shape index (κ1) is 17.5. The average molecular weight is 327 g/mol. The number of aryl methyl sites for hydroxylation is 3. The minimum atomic E-state index is 0.195. The second kappa shape index (κ2) is 7.60. The van der Waals surface area contributed by atoms with Crippen molar-refractivity contribution in [2.45, 2.75) is 40.7 Å². The predicted octanol–water partition coefficient (Wildman–Crippen LogP) is 5.30. The summed E-state index contributed by atoms with van der Waals surface area (Å²) in [5.41, 5.74) is 6.14. The van der Waals surface area contributed by atoms with Crippen LogP contribution in [-0.2, 0) is 0 Å². The van der Waals surface area contributed by atoms with Gasteiger partial charge in [-0.25, -0.2) is 0 Å². The molecule has 0 amide bonds. The number of rotatable bonds is 4. The predicted molar refractivity (Wildman–Crippen MR) is 104 cm³/mol. The van der Waals surface area contributed by atoms with Crippen LogP contribution in [0.3, 0.4) is 0 Å². The van der Waals surface area contributed by atoms with Crippen molar-refractivity contribution in [3.63, 3.8) is 0 Å². The summed E-state index contributed by atoms with van der Waals surface area (Å²) in [4.78, 5) is 0. The molecule has 2 nitrogen and oxygen atoms in total. The molecular weight excluding hydrogens is 300 g/mol. The molecule has 0 spiro atoms.